The zero-order chi connectivity index (χ0) is 14.8. The summed E-state index contributed by atoms with van der Waals surface area (Å²) in [4.78, 5) is 2.08. The first-order valence-corrected chi connectivity index (χ1v) is 7.70. The highest BCUT2D eigenvalue weighted by atomic mass is 32.2. The average molecular weight is 304 g/mol. The van der Waals surface area contributed by atoms with E-state index in [0.29, 0.717) is 10.8 Å². The number of thioether (sulfide) groups is 1. The molecule has 0 radical (unpaired) electrons. The third-order valence-electron chi connectivity index (χ3n) is 3.56. The summed E-state index contributed by atoms with van der Waals surface area (Å²) in [6.45, 7) is 3.85. The van der Waals surface area contributed by atoms with Crippen LogP contribution in [0.15, 0.2) is 24.3 Å². The van der Waals surface area contributed by atoms with Crippen LogP contribution < -0.4 is 5.73 Å². The lowest BCUT2D eigenvalue weighted by molar-refractivity contribution is -0.138. The molecule has 112 valence electrons. The minimum Gasteiger partial charge on any atom is -0.329 e. The van der Waals surface area contributed by atoms with E-state index in [0.717, 1.165) is 24.9 Å². The third-order valence-corrected chi connectivity index (χ3v) is 4.70. The Hall–Kier alpha value is -0.720. The van der Waals surface area contributed by atoms with Crippen LogP contribution in [0.1, 0.15) is 24.1 Å². The summed E-state index contributed by atoms with van der Waals surface area (Å²) >= 11 is 1.85. The van der Waals surface area contributed by atoms with Gasteiger partial charge in [-0.1, -0.05) is 25.1 Å². The van der Waals surface area contributed by atoms with Gasteiger partial charge in [0.05, 0.1) is 5.56 Å². The van der Waals surface area contributed by atoms with Gasteiger partial charge in [-0.3, -0.25) is 4.90 Å². The lowest BCUT2D eigenvalue weighted by Gasteiger charge is -2.37. The Morgan fingerprint density at radius 1 is 1.40 bits per heavy atom. The van der Waals surface area contributed by atoms with Crippen molar-refractivity contribution in [3.63, 3.8) is 0 Å². The maximum Gasteiger partial charge on any atom is 0.416 e. The molecule has 1 aliphatic heterocycles. The number of alkyl halides is 3. The Bertz CT molecular complexity index is 450. The molecule has 1 aromatic carbocycles. The van der Waals surface area contributed by atoms with E-state index >= 15 is 0 Å². The zero-order valence-corrected chi connectivity index (χ0v) is 12.2. The van der Waals surface area contributed by atoms with Crippen LogP contribution in [-0.4, -0.2) is 35.5 Å². The van der Waals surface area contributed by atoms with E-state index in [-0.39, 0.29) is 12.6 Å². The molecule has 2 atom stereocenters. The average Bonchev–Trinajstić information content (AvgIpc) is 2.39. The van der Waals surface area contributed by atoms with Gasteiger partial charge in [-0.25, -0.2) is 0 Å². The second kappa shape index (κ2) is 6.37. The predicted molar refractivity (Wildman–Crippen MR) is 76.7 cm³/mol. The topological polar surface area (TPSA) is 29.3 Å². The van der Waals surface area contributed by atoms with E-state index in [1.165, 1.54) is 6.07 Å². The van der Waals surface area contributed by atoms with Crippen LogP contribution in [0.4, 0.5) is 13.2 Å². The van der Waals surface area contributed by atoms with Crippen LogP contribution in [-0.2, 0) is 6.18 Å². The molecule has 0 saturated carbocycles. The van der Waals surface area contributed by atoms with Gasteiger partial charge in [0.15, 0.2) is 0 Å². The molecule has 1 aliphatic rings. The van der Waals surface area contributed by atoms with Crippen LogP contribution in [0.25, 0.3) is 0 Å². The number of halogens is 3. The van der Waals surface area contributed by atoms with Crippen LogP contribution in [0.5, 0.6) is 0 Å². The molecule has 0 spiro atoms. The largest absolute Gasteiger partial charge is 0.416 e. The fraction of sp³-hybridized carbons (Fsp3) is 0.571. The normalized spacial score (nSPS) is 22.8. The second-order valence-electron chi connectivity index (χ2n) is 5.01. The molecule has 0 aromatic heterocycles. The highest BCUT2D eigenvalue weighted by Gasteiger charge is 2.36. The molecule has 0 bridgehead atoms. The Labute approximate surface area is 121 Å². The first-order valence-electron chi connectivity index (χ1n) is 6.65. The smallest absolute Gasteiger partial charge is 0.329 e. The number of benzene rings is 1. The third kappa shape index (κ3) is 3.48. The number of nitrogens with two attached hydrogens (primary N) is 1. The monoisotopic (exact) mass is 304 g/mol. The Balaban J connectivity index is 2.32. The van der Waals surface area contributed by atoms with Gasteiger partial charge in [0.2, 0.25) is 0 Å². The maximum absolute atomic E-state index is 13.1. The molecule has 1 saturated heterocycles. The molecule has 1 heterocycles. The van der Waals surface area contributed by atoms with Gasteiger partial charge in [-0.05, 0) is 11.6 Å². The number of hydrogen-bond donors (Lipinski definition) is 1. The van der Waals surface area contributed by atoms with Crippen molar-refractivity contribution in [2.75, 3.05) is 25.4 Å². The van der Waals surface area contributed by atoms with Gasteiger partial charge in [0.1, 0.15) is 0 Å². The van der Waals surface area contributed by atoms with Gasteiger partial charge in [-0.2, -0.15) is 24.9 Å². The summed E-state index contributed by atoms with van der Waals surface area (Å²) in [7, 11) is 0. The Morgan fingerprint density at radius 3 is 2.70 bits per heavy atom. The molecule has 2 unspecified atom stereocenters. The Morgan fingerprint density at radius 2 is 2.10 bits per heavy atom. The number of rotatable bonds is 3. The maximum atomic E-state index is 13.1. The summed E-state index contributed by atoms with van der Waals surface area (Å²) in [5.74, 6) is 0.936. The lowest BCUT2D eigenvalue weighted by Crippen LogP contribution is -2.42. The minimum atomic E-state index is -4.33. The molecule has 0 aliphatic carbocycles. The molecular formula is C14H19F3N2S. The molecular weight excluding hydrogens is 285 g/mol. The van der Waals surface area contributed by atoms with Crippen molar-refractivity contribution in [3.8, 4) is 0 Å². The zero-order valence-electron chi connectivity index (χ0n) is 11.4. The lowest BCUT2D eigenvalue weighted by atomic mass is 9.98. The van der Waals surface area contributed by atoms with Crippen LogP contribution in [0, 0.1) is 0 Å². The predicted octanol–water partition coefficient (Wildman–Crippen LogP) is 3.14. The minimum absolute atomic E-state index is 0.199. The van der Waals surface area contributed by atoms with Gasteiger partial charge < -0.3 is 5.73 Å². The number of nitrogens with zero attached hydrogens (tertiary/aromatic N) is 1. The van der Waals surface area contributed by atoms with Crippen molar-refractivity contribution in [1.82, 2.24) is 4.90 Å². The summed E-state index contributed by atoms with van der Waals surface area (Å²) < 4.78 is 39.4. The summed E-state index contributed by atoms with van der Waals surface area (Å²) in [6.07, 6.45) is -4.33. The summed E-state index contributed by atoms with van der Waals surface area (Å²) in [5, 5.41) is 0.427. The SMILES string of the molecule is CC1CN(C(CN)c2ccccc2C(F)(F)F)CCS1. The quantitative estimate of drug-likeness (QED) is 0.930. The molecule has 0 amide bonds. The molecule has 20 heavy (non-hydrogen) atoms. The second-order valence-corrected chi connectivity index (χ2v) is 6.56. The first-order chi connectivity index (χ1) is 9.43. The highest BCUT2D eigenvalue weighted by Crippen LogP contribution is 2.37. The van der Waals surface area contributed by atoms with E-state index < -0.39 is 11.7 Å². The molecule has 2 nitrogen and oxygen atoms in total. The van der Waals surface area contributed by atoms with Gasteiger partial charge in [0.25, 0.3) is 0 Å². The molecule has 6 heteroatoms. The fourth-order valence-corrected chi connectivity index (χ4v) is 3.69. The summed E-state index contributed by atoms with van der Waals surface area (Å²) in [6, 6.07) is 5.40. The van der Waals surface area contributed by atoms with Crippen molar-refractivity contribution < 1.29 is 13.2 Å². The molecule has 1 aromatic rings. The van der Waals surface area contributed by atoms with Gasteiger partial charge in [0, 0.05) is 36.7 Å². The van der Waals surface area contributed by atoms with Crippen molar-refractivity contribution in [1.29, 1.82) is 0 Å². The van der Waals surface area contributed by atoms with Crippen LogP contribution >= 0.6 is 11.8 Å². The van der Waals surface area contributed by atoms with Crippen molar-refractivity contribution >= 4 is 11.8 Å². The molecule has 2 rings (SSSR count). The van der Waals surface area contributed by atoms with Crippen LogP contribution in [0.2, 0.25) is 0 Å². The van der Waals surface area contributed by atoms with Gasteiger partial charge in [-0.15, -0.1) is 0 Å². The van der Waals surface area contributed by atoms with Crippen molar-refractivity contribution in [3.05, 3.63) is 35.4 Å². The van der Waals surface area contributed by atoms with E-state index in [1.54, 1.807) is 12.1 Å². The van der Waals surface area contributed by atoms with E-state index in [2.05, 4.69) is 11.8 Å². The summed E-state index contributed by atoms with van der Waals surface area (Å²) in [5.41, 5.74) is 5.50. The Kier molecular flexibility index (Phi) is 4.99. The van der Waals surface area contributed by atoms with Gasteiger partial charge >= 0.3 is 6.18 Å². The van der Waals surface area contributed by atoms with Crippen LogP contribution in [0.3, 0.4) is 0 Å². The van der Waals surface area contributed by atoms with Crippen molar-refractivity contribution in [2.45, 2.75) is 24.4 Å². The van der Waals surface area contributed by atoms with E-state index in [9.17, 15) is 13.2 Å². The fourth-order valence-electron chi connectivity index (χ4n) is 2.65. The molecule has 1 fully saturated rings. The standard InChI is InChI=1S/C14H19F3N2S/c1-10-9-19(6-7-20-10)13(8-18)11-4-2-3-5-12(11)14(15,16)17/h2-5,10,13H,6-9,18H2,1H3. The van der Waals surface area contributed by atoms with Crippen molar-refractivity contribution in [2.24, 2.45) is 5.73 Å². The van der Waals surface area contributed by atoms with E-state index in [1.807, 2.05) is 11.8 Å². The number of hydrogen-bond acceptors (Lipinski definition) is 3. The highest BCUT2D eigenvalue weighted by molar-refractivity contribution is 7.99. The first kappa shape index (κ1) is 15.7. The van der Waals surface area contributed by atoms with E-state index in [4.69, 9.17) is 5.73 Å². The molecule has 2 N–H and O–H groups in total.